The van der Waals surface area contributed by atoms with Crippen LogP contribution in [0.3, 0.4) is 0 Å². The topological polar surface area (TPSA) is 72.7 Å². The quantitative estimate of drug-likeness (QED) is 0.394. The molecule has 0 amide bonds. The Morgan fingerprint density at radius 3 is 2.48 bits per heavy atom. The fraction of sp³-hybridized carbons (Fsp3) is 0.316. The van der Waals surface area contributed by atoms with Crippen LogP contribution in [0.4, 0.5) is 5.69 Å². The van der Waals surface area contributed by atoms with Crippen molar-refractivity contribution >= 4 is 12.0 Å². The summed E-state index contributed by atoms with van der Waals surface area (Å²) in [5.41, 5.74) is 1.61. The van der Waals surface area contributed by atoms with Crippen LogP contribution in [0.5, 0.6) is 5.75 Å². The average molecular weight is 342 g/mol. The van der Waals surface area contributed by atoms with Gasteiger partial charge in [-0.15, -0.1) is 0 Å². The number of rotatable bonds is 9. The molecule has 0 bridgehead atoms. The Morgan fingerprint density at radius 1 is 1.12 bits per heavy atom. The maximum atomic E-state index is 11.3. The molecule has 2 aromatic rings. The molecule has 0 spiro atoms. The number of nitro groups is 1. The number of non-ortho nitro benzene ring substituents is 1. The average Bonchev–Trinajstić information content (AvgIpc) is 2.65. The minimum absolute atomic E-state index is 0.0354. The molecular formula is C19H22N2O4. The summed E-state index contributed by atoms with van der Waals surface area (Å²) in [5.74, 6) is 0.534. The summed E-state index contributed by atoms with van der Waals surface area (Å²) in [6.45, 7) is 7.26. The number of carbonyl (C=O) groups is 1. The van der Waals surface area contributed by atoms with E-state index in [1.807, 2.05) is 0 Å². The minimum Gasteiger partial charge on any atom is -0.492 e. The first-order chi connectivity index (χ1) is 12.1. The van der Waals surface area contributed by atoms with Crippen LogP contribution in [0.25, 0.3) is 11.1 Å². The second kappa shape index (κ2) is 8.94. The number of carbonyl (C=O) groups excluding carboxylic acids is 1. The Morgan fingerprint density at radius 2 is 1.84 bits per heavy atom. The van der Waals surface area contributed by atoms with E-state index in [-0.39, 0.29) is 5.69 Å². The summed E-state index contributed by atoms with van der Waals surface area (Å²) in [6.07, 6.45) is 0.744. The molecule has 0 saturated heterocycles. The van der Waals surface area contributed by atoms with Gasteiger partial charge in [-0.1, -0.05) is 38.1 Å². The van der Waals surface area contributed by atoms with Crippen molar-refractivity contribution in [3.05, 3.63) is 58.1 Å². The van der Waals surface area contributed by atoms with Crippen molar-refractivity contribution in [3.63, 3.8) is 0 Å². The van der Waals surface area contributed by atoms with E-state index in [4.69, 9.17) is 4.74 Å². The molecule has 0 N–H and O–H groups in total. The lowest BCUT2D eigenvalue weighted by molar-refractivity contribution is -0.384. The summed E-state index contributed by atoms with van der Waals surface area (Å²) in [5, 5.41) is 11.1. The fourth-order valence-electron chi connectivity index (χ4n) is 2.64. The molecule has 0 aromatic heterocycles. The lowest BCUT2D eigenvalue weighted by Crippen LogP contribution is -2.28. The van der Waals surface area contributed by atoms with Gasteiger partial charge >= 0.3 is 0 Å². The molecule has 0 atom stereocenters. The lowest BCUT2D eigenvalue weighted by atomic mass is 9.99. The number of nitro benzene ring substituents is 1. The largest absolute Gasteiger partial charge is 0.492 e. The van der Waals surface area contributed by atoms with Crippen molar-refractivity contribution in [1.29, 1.82) is 0 Å². The van der Waals surface area contributed by atoms with Crippen molar-refractivity contribution in [3.8, 4) is 16.9 Å². The zero-order chi connectivity index (χ0) is 18.2. The Kier molecular flexibility index (Phi) is 6.65. The monoisotopic (exact) mass is 342 g/mol. The molecule has 6 nitrogen and oxygen atoms in total. The highest BCUT2D eigenvalue weighted by molar-refractivity contribution is 5.89. The van der Waals surface area contributed by atoms with Gasteiger partial charge in [0.25, 0.3) is 5.69 Å². The van der Waals surface area contributed by atoms with Crippen LogP contribution in [0.1, 0.15) is 24.2 Å². The normalized spacial score (nSPS) is 10.7. The highest BCUT2D eigenvalue weighted by Gasteiger charge is 2.16. The lowest BCUT2D eigenvalue weighted by Gasteiger charge is -2.19. The first-order valence-electron chi connectivity index (χ1n) is 8.28. The molecule has 0 unspecified atom stereocenters. The third kappa shape index (κ3) is 4.64. The van der Waals surface area contributed by atoms with E-state index in [2.05, 4.69) is 18.7 Å². The Hall–Kier alpha value is -2.73. The second-order valence-corrected chi connectivity index (χ2v) is 5.52. The van der Waals surface area contributed by atoms with Gasteiger partial charge in [0.2, 0.25) is 0 Å². The van der Waals surface area contributed by atoms with Crippen LogP contribution in [0.2, 0.25) is 0 Å². The number of benzene rings is 2. The number of hydrogen-bond donors (Lipinski definition) is 0. The van der Waals surface area contributed by atoms with Crippen LogP contribution >= 0.6 is 0 Å². The van der Waals surface area contributed by atoms with E-state index in [0.29, 0.717) is 29.0 Å². The minimum atomic E-state index is -0.452. The molecular weight excluding hydrogens is 320 g/mol. The molecule has 25 heavy (non-hydrogen) atoms. The zero-order valence-electron chi connectivity index (χ0n) is 14.5. The molecule has 0 radical (unpaired) electrons. The van der Waals surface area contributed by atoms with Gasteiger partial charge in [0.05, 0.1) is 4.92 Å². The van der Waals surface area contributed by atoms with Gasteiger partial charge in [0.1, 0.15) is 12.4 Å². The SMILES string of the molecule is CCN(CC)CCOc1ccc([N+](=O)[O-])cc1-c1ccccc1C=O. The van der Waals surface area contributed by atoms with Crippen LogP contribution in [0.15, 0.2) is 42.5 Å². The highest BCUT2D eigenvalue weighted by atomic mass is 16.6. The molecule has 2 aromatic carbocycles. The van der Waals surface area contributed by atoms with Gasteiger partial charge in [0.15, 0.2) is 6.29 Å². The number of nitrogens with zero attached hydrogens (tertiary/aromatic N) is 2. The molecule has 0 aliphatic carbocycles. The molecule has 132 valence electrons. The molecule has 0 heterocycles. The van der Waals surface area contributed by atoms with Crippen LogP contribution in [-0.4, -0.2) is 42.4 Å². The van der Waals surface area contributed by atoms with Crippen LogP contribution < -0.4 is 4.74 Å². The zero-order valence-corrected chi connectivity index (χ0v) is 14.5. The summed E-state index contributed by atoms with van der Waals surface area (Å²) >= 11 is 0. The second-order valence-electron chi connectivity index (χ2n) is 5.52. The summed E-state index contributed by atoms with van der Waals surface area (Å²) < 4.78 is 5.88. The summed E-state index contributed by atoms with van der Waals surface area (Å²) in [7, 11) is 0. The predicted octanol–water partition coefficient (Wildman–Crippen LogP) is 3.79. The van der Waals surface area contributed by atoms with Gasteiger partial charge in [-0.2, -0.15) is 0 Å². The standard InChI is InChI=1S/C19H22N2O4/c1-3-20(4-2)11-12-25-19-10-9-16(21(23)24)13-18(19)17-8-6-5-7-15(17)14-22/h5-10,13-14H,3-4,11-12H2,1-2H3. The fourth-order valence-corrected chi connectivity index (χ4v) is 2.64. The van der Waals surface area contributed by atoms with E-state index >= 15 is 0 Å². The first kappa shape index (κ1) is 18.6. The molecule has 6 heteroatoms. The number of likely N-dealkylation sites (N-methyl/N-ethyl adjacent to an activating group) is 1. The van der Waals surface area contributed by atoms with Crippen molar-refractivity contribution < 1.29 is 14.5 Å². The number of aldehydes is 1. The summed E-state index contributed by atoms with van der Waals surface area (Å²) in [4.78, 5) is 24.2. The van der Waals surface area contributed by atoms with Crippen LogP contribution in [0, 0.1) is 10.1 Å². The molecule has 0 fully saturated rings. The van der Waals surface area contributed by atoms with Crippen molar-refractivity contribution in [1.82, 2.24) is 4.90 Å². The predicted molar refractivity (Wildman–Crippen MR) is 97.2 cm³/mol. The van der Waals surface area contributed by atoms with Gasteiger partial charge in [-0.3, -0.25) is 14.9 Å². The Bertz CT molecular complexity index is 742. The van der Waals surface area contributed by atoms with E-state index in [1.54, 1.807) is 30.3 Å². The maximum Gasteiger partial charge on any atom is 0.270 e. The molecule has 0 aliphatic rings. The third-order valence-electron chi connectivity index (χ3n) is 4.11. The molecule has 0 saturated carbocycles. The highest BCUT2D eigenvalue weighted by Crippen LogP contribution is 2.35. The Balaban J connectivity index is 2.36. The van der Waals surface area contributed by atoms with Gasteiger partial charge in [-0.25, -0.2) is 0 Å². The smallest absolute Gasteiger partial charge is 0.270 e. The number of hydrogen-bond acceptors (Lipinski definition) is 5. The molecule has 0 aliphatic heterocycles. The van der Waals surface area contributed by atoms with E-state index in [9.17, 15) is 14.9 Å². The Labute approximate surface area is 147 Å². The van der Waals surface area contributed by atoms with Gasteiger partial charge < -0.3 is 9.64 Å². The van der Waals surface area contributed by atoms with Crippen molar-refractivity contribution in [2.45, 2.75) is 13.8 Å². The van der Waals surface area contributed by atoms with Gasteiger partial charge in [-0.05, 0) is 24.7 Å². The van der Waals surface area contributed by atoms with Crippen LogP contribution in [-0.2, 0) is 0 Å². The maximum absolute atomic E-state index is 11.3. The third-order valence-corrected chi connectivity index (χ3v) is 4.11. The van der Waals surface area contributed by atoms with Crippen molar-refractivity contribution in [2.75, 3.05) is 26.2 Å². The molecule has 2 rings (SSSR count). The van der Waals surface area contributed by atoms with E-state index in [1.165, 1.54) is 12.1 Å². The van der Waals surface area contributed by atoms with Gasteiger partial charge in [0, 0.05) is 29.8 Å². The van der Waals surface area contributed by atoms with Crippen molar-refractivity contribution in [2.24, 2.45) is 0 Å². The summed E-state index contributed by atoms with van der Waals surface area (Å²) in [6, 6.07) is 11.5. The van der Waals surface area contributed by atoms with E-state index < -0.39 is 4.92 Å². The number of ether oxygens (including phenoxy) is 1. The first-order valence-corrected chi connectivity index (χ1v) is 8.28. The van der Waals surface area contributed by atoms with E-state index in [0.717, 1.165) is 25.9 Å².